The first kappa shape index (κ1) is 46.9. The highest BCUT2D eigenvalue weighted by Crippen LogP contribution is 2.40. The van der Waals surface area contributed by atoms with E-state index in [0.717, 1.165) is 61.1 Å². The number of esters is 1. The van der Waals surface area contributed by atoms with Crippen LogP contribution in [-0.2, 0) is 27.4 Å². The average molecular weight is 823 g/mol. The highest BCUT2D eigenvalue weighted by molar-refractivity contribution is 5.85. The van der Waals surface area contributed by atoms with E-state index in [9.17, 15) is 9.59 Å². The van der Waals surface area contributed by atoms with E-state index in [0.29, 0.717) is 42.6 Å². The molecule has 2 aliphatic rings. The minimum atomic E-state index is -0.775. The summed E-state index contributed by atoms with van der Waals surface area (Å²) >= 11 is 0. The number of carboxylic acids is 1. The van der Waals surface area contributed by atoms with Gasteiger partial charge in [0.15, 0.2) is 0 Å². The minimum Gasteiger partial charge on any atom is -0.490 e. The van der Waals surface area contributed by atoms with Crippen LogP contribution in [0.15, 0.2) is 72.8 Å². The van der Waals surface area contributed by atoms with Crippen molar-refractivity contribution in [3.05, 3.63) is 83.9 Å². The molecule has 2 saturated carbocycles. The number of ether oxygens (including phenoxy) is 3. The summed E-state index contributed by atoms with van der Waals surface area (Å²) in [4.78, 5) is 22.4. The van der Waals surface area contributed by atoms with Gasteiger partial charge in [0.25, 0.3) is 0 Å². The van der Waals surface area contributed by atoms with Gasteiger partial charge in [0.2, 0.25) is 0 Å². The number of carbonyl (C=O) groups is 2. The van der Waals surface area contributed by atoms with Crippen molar-refractivity contribution in [1.82, 2.24) is 10.6 Å². The Morgan fingerprint density at radius 2 is 0.983 bits per heavy atom. The Morgan fingerprint density at radius 1 is 0.600 bits per heavy atom. The molecule has 0 radical (unpaired) electrons. The molecule has 0 heterocycles. The van der Waals surface area contributed by atoms with Crippen molar-refractivity contribution in [2.75, 3.05) is 6.61 Å². The van der Waals surface area contributed by atoms with Crippen molar-refractivity contribution in [3.63, 3.8) is 0 Å². The molecule has 8 heteroatoms. The van der Waals surface area contributed by atoms with E-state index in [1.807, 2.05) is 20.8 Å². The molecule has 0 saturated heterocycles. The van der Waals surface area contributed by atoms with Crippen molar-refractivity contribution >= 4 is 33.5 Å². The normalized spacial score (nSPS) is 20.8. The number of hydrogen-bond acceptors (Lipinski definition) is 7. The van der Waals surface area contributed by atoms with Crippen LogP contribution in [0.1, 0.15) is 138 Å². The molecule has 0 aromatic heterocycles. The molecule has 8 nitrogen and oxygen atoms in total. The minimum absolute atomic E-state index is 0.0488. The van der Waals surface area contributed by atoms with Gasteiger partial charge < -0.3 is 30.0 Å². The van der Waals surface area contributed by atoms with E-state index in [-0.39, 0.29) is 24.5 Å². The van der Waals surface area contributed by atoms with E-state index in [4.69, 9.17) is 19.3 Å². The van der Waals surface area contributed by atoms with Gasteiger partial charge in [-0.05, 0) is 164 Å². The lowest BCUT2D eigenvalue weighted by Crippen LogP contribution is -2.30. The van der Waals surface area contributed by atoms with Crippen LogP contribution >= 0.6 is 0 Å². The zero-order valence-electron chi connectivity index (χ0n) is 38.1. The van der Waals surface area contributed by atoms with Gasteiger partial charge in [-0.15, -0.1) is 0 Å². The summed E-state index contributed by atoms with van der Waals surface area (Å²) in [5.41, 5.74) is 3.16. The predicted octanol–water partition coefficient (Wildman–Crippen LogP) is 12.0. The number of fused-ring (bicyclic) bond motifs is 2. The fourth-order valence-corrected chi connectivity index (χ4v) is 8.85. The topological polar surface area (TPSA) is 106 Å². The average Bonchev–Trinajstić information content (AvgIpc) is 3.19. The van der Waals surface area contributed by atoms with Crippen LogP contribution in [0.25, 0.3) is 21.5 Å². The maximum atomic E-state index is 11.6. The Morgan fingerprint density at radius 3 is 1.37 bits per heavy atom. The highest BCUT2D eigenvalue weighted by atomic mass is 16.5. The fourth-order valence-electron chi connectivity index (χ4n) is 8.85. The number of carboxylic acid groups (broad SMARTS) is 1. The summed E-state index contributed by atoms with van der Waals surface area (Å²) in [5.74, 6) is 2.60. The van der Waals surface area contributed by atoms with Crippen LogP contribution in [0.5, 0.6) is 11.5 Å². The summed E-state index contributed by atoms with van der Waals surface area (Å²) in [6.07, 6.45) is 10.8. The fraction of sp³-hybridized carbons (Fsp3) is 0.577. The van der Waals surface area contributed by atoms with Crippen LogP contribution in [0.2, 0.25) is 0 Å². The molecule has 0 amide bonds. The molecular weight excluding hydrogens is 749 g/mol. The van der Waals surface area contributed by atoms with Crippen LogP contribution < -0.4 is 20.1 Å². The van der Waals surface area contributed by atoms with Gasteiger partial charge in [-0.25, -0.2) is 0 Å². The molecule has 2 aliphatic carbocycles. The third kappa shape index (κ3) is 14.8. The van der Waals surface area contributed by atoms with Crippen LogP contribution in [0, 0.1) is 22.7 Å². The van der Waals surface area contributed by atoms with Crippen molar-refractivity contribution in [2.24, 2.45) is 22.7 Å². The molecule has 6 rings (SSSR count). The Hall–Kier alpha value is -4.14. The summed E-state index contributed by atoms with van der Waals surface area (Å²) < 4.78 is 17.7. The van der Waals surface area contributed by atoms with E-state index >= 15 is 0 Å². The molecule has 4 aromatic carbocycles. The zero-order valence-corrected chi connectivity index (χ0v) is 38.1. The molecule has 3 N–H and O–H groups in total. The van der Waals surface area contributed by atoms with Gasteiger partial charge in [-0.3, -0.25) is 9.59 Å². The van der Waals surface area contributed by atoms with Crippen LogP contribution in [0.3, 0.4) is 0 Å². The monoisotopic (exact) mass is 823 g/mol. The SMILES string of the molecule is CC(CC(=O)O)NCc1ccc2cc(OC3CCC(C(C)(C)C)CC3)ccc2c1.CCOC(=O)CC(C)NCc1ccc2cc(OC3CCC(C(C)(C)C)CC3)ccc2c1. The Labute approximate surface area is 360 Å². The molecule has 0 spiro atoms. The molecule has 0 aliphatic heterocycles. The van der Waals surface area contributed by atoms with Gasteiger partial charge in [0, 0.05) is 25.2 Å². The first-order chi connectivity index (χ1) is 28.4. The third-order valence-corrected chi connectivity index (χ3v) is 12.7. The summed E-state index contributed by atoms with van der Waals surface area (Å²) in [5, 5.41) is 20.3. The molecule has 0 bridgehead atoms. The number of carbonyl (C=O) groups excluding carboxylic acids is 1. The number of rotatable bonds is 15. The maximum Gasteiger partial charge on any atom is 0.307 e. The van der Waals surface area contributed by atoms with Gasteiger partial charge in [-0.2, -0.15) is 0 Å². The van der Waals surface area contributed by atoms with Gasteiger partial charge in [0.05, 0.1) is 31.7 Å². The molecule has 2 fully saturated rings. The van der Waals surface area contributed by atoms with Gasteiger partial charge >= 0.3 is 11.9 Å². The largest absolute Gasteiger partial charge is 0.490 e. The maximum absolute atomic E-state index is 11.6. The molecule has 328 valence electrons. The molecule has 4 aromatic rings. The van der Waals surface area contributed by atoms with Crippen molar-refractivity contribution in [3.8, 4) is 11.5 Å². The number of aliphatic carboxylic acids is 1. The van der Waals surface area contributed by atoms with Crippen LogP contribution in [0.4, 0.5) is 0 Å². The number of benzene rings is 4. The van der Waals surface area contributed by atoms with Crippen molar-refractivity contribution in [2.45, 2.75) is 164 Å². The predicted molar refractivity (Wildman–Crippen MR) is 246 cm³/mol. The second kappa shape index (κ2) is 21.6. The molecule has 2 atom stereocenters. The first-order valence-electron chi connectivity index (χ1n) is 22.7. The van der Waals surface area contributed by atoms with Crippen molar-refractivity contribution < 1.29 is 28.9 Å². The Balaban J connectivity index is 0.000000228. The van der Waals surface area contributed by atoms with Crippen molar-refractivity contribution in [1.29, 1.82) is 0 Å². The third-order valence-electron chi connectivity index (χ3n) is 12.7. The molecule has 2 unspecified atom stereocenters. The standard InChI is InChI=1S/C27H39NO3.C25H35NO3/c1-6-30-26(29)15-19(2)28-18-20-7-8-22-17-25(12-9-21(22)16-20)31-24-13-10-23(11-14-24)27(3,4)5;1-17(13-24(27)28)26-16-18-5-6-20-15-23(10-7-19(20)14-18)29-22-11-8-21(9-12-22)25(2,3)4/h7-9,12,16-17,19,23-24,28H,6,10-11,13-15,18H2,1-5H3;5-7,10,14-15,17,21-22,26H,8-9,11-13,16H2,1-4H3,(H,27,28). The van der Waals surface area contributed by atoms with E-state index in [1.54, 1.807) is 0 Å². The summed E-state index contributed by atoms with van der Waals surface area (Å²) in [6, 6.07) is 25.7. The lowest BCUT2D eigenvalue weighted by molar-refractivity contribution is -0.143. The second-order valence-electron chi connectivity index (χ2n) is 19.8. The lowest BCUT2D eigenvalue weighted by atomic mass is 9.72. The Bertz CT molecular complexity index is 1980. The smallest absolute Gasteiger partial charge is 0.307 e. The molecule has 60 heavy (non-hydrogen) atoms. The number of hydrogen-bond donors (Lipinski definition) is 3. The molecular formula is C52H74N2O6. The second-order valence-corrected chi connectivity index (χ2v) is 19.8. The van der Waals surface area contributed by atoms with Crippen LogP contribution in [-0.4, -0.2) is 47.9 Å². The Kier molecular flexibility index (Phi) is 16.9. The van der Waals surface area contributed by atoms with Gasteiger partial charge in [0.1, 0.15) is 11.5 Å². The summed E-state index contributed by atoms with van der Waals surface area (Å²) in [7, 11) is 0. The lowest BCUT2D eigenvalue weighted by Gasteiger charge is -2.37. The number of nitrogens with one attached hydrogen (secondary N) is 2. The van der Waals surface area contributed by atoms with E-state index < -0.39 is 5.97 Å². The van der Waals surface area contributed by atoms with Gasteiger partial charge in [-0.1, -0.05) is 77.9 Å². The van der Waals surface area contributed by atoms with E-state index in [1.165, 1.54) is 52.8 Å². The zero-order chi connectivity index (χ0) is 43.5. The highest BCUT2D eigenvalue weighted by Gasteiger charge is 2.31. The quantitative estimate of drug-likeness (QED) is 0.102. The van der Waals surface area contributed by atoms with E-state index in [2.05, 4.69) is 125 Å². The summed E-state index contributed by atoms with van der Waals surface area (Å²) in [6.45, 7) is 21.7. The first-order valence-corrected chi connectivity index (χ1v) is 22.7.